The summed E-state index contributed by atoms with van der Waals surface area (Å²) in [5.74, 6) is 0. The molecule has 2 fully saturated rings. The summed E-state index contributed by atoms with van der Waals surface area (Å²) in [6, 6.07) is 24.0. The van der Waals surface area contributed by atoms with Crippen molar-refractivity contribution in [1.82, 2.24) is 9.80 Å². The number of benzene rings is 2. The number of hydrogen-bond acceptors (Lipinski definition) is 2. The van der Waals surface area contributed by atoms with Gasteiger partial charge in [0.25, 0.3) is 0 Å². The van der Waals surface area contributed by atoms with Gasteiger partial charge < -0.3 is 9.80 Å². The van der Waals surface area contributed by atoms with Crippen LogP contribution in [0, 0.1) is 0 Å². The van der Waals surface area contributed by atoms with Crippen LogP contribution in [-0.2, 0) is 0 Å². The van der Waals surface area contributed by atoms with E-state index in [4.69, 9.17) is 0 Å². The third kappa shape index (κ3) is 30.6. The molecule has 2 aromatic carbocycles. The second-order valence-corrected chi connectivity index (χ2v) is 7.04. The van der Waals surface area contributed by atoms with Gasteiger partial charge in [0.1, 0.15) is 0 Å². The van der Waals surface area contributed by atoms with Gasteiger partial charge in [-0.25, -0.2) is 0 Å². The van der Waals surface area contributed by atoms with Gasteiger partial charge in [-0.3, -0.25) is 0 Å². The van der Waals surface area contributed by atoms with E-state index in [-0.39, 0.29) is 0 Å². The van der Waals surface area contributed by atoms with Crippen molar-refractivity contribution in [2.75, 3.05) is 40.3 Å². The number of likely N-dealkylation sites (tertiary alicyclic amines) is 2. The minimum Gasteiger partial charge on any atom is -0.306 e. The summed E-state index contributed by atoms with van der Waals surface area (Å²) in [5.41, 5.74) is 0. The lowest BCUT2D eigenvalue weighted by atomic mass is 10.1. The van der Waals surface area contributed by atoms with Crippen LogP contribution in [-0.4, -0.2) is 50.1 Å². The molecule has 32 heavy (non-hydrogen) atoms. The van der Waals surface area contributed by atoms with Gasteiger partial charge in [-0.1, -0.05) is 127 Å². The fraction of sp³-hybridized carbons (Fsp3) is 0.600. The van der Waals surface area contributed by atoms with Crippen molar-refractivity contribution in [2.45, 2.75) is 80.1 Å². The molecule has 0 N–H and O–H groups in total. The highest BCUT2D eigenvalue weighted by atomic mass is 15.1. The van der Waals surface area contributed by atoms with Crippen molar-refractivity contribution < 1.29 is 0 Å². The van der Waals surface area contributed by atoms with Gasteiger partial charge in [0.15, 0.2) is 0 Å². The van der Waals surface area contributed by atoms with Gasteiger partial charge in [0.05, 0.1) is 0 Å². The first kappa shape index (κ1) is 35.0. The third-order valence-corrected chi connectivity index (χ3v) is 4.49. The molecule has 2 heteroatoms. The summed E-state index contributed by atoms with van der Waals surface area (Å²) in [6.07, 6.45) is 8.55. The zero-order valence-electron chi connectivity index (χ0n) is 22.9. The van der Waals surface area contributed by atoms with E-state index in [0.29, 0.717) is 0 Å². The predicted molar refractivity (Wildman–Crippen MR) is 150 cm³/mol. The van der Waals surface area contributed by atoms with E-state index in [0.717, 1.165) is 0 Å². The zero-order chi connectivity index (χ0) is 24.7. The monoisotopic (exact) mass is 444 g/mol. The molecule has 4 rings (SSSR count). The Balaban J connectivity index is -0.000000325. The van der Waals surface area contributed by atoms with Crippen LogP contribution in [0.5, 0.6) is 0 Å². The smallest absolute Gasteiger partial charge is 0.00218 e. The topological polar surface area (TPSA) is 6.48 Å². The van der Waals surface area contributed by atoms with Crippen LogP contribution in [0.2, 0.25) is 0 Å². The van der Waals surface area contributed by atoms with Gasteiger partial charge in [0, 0.05) is 0 Å². The highest BCUT2D eigenvalue weighted by Crippen LogP contribution is 2.05. The van der Waals surface area contributed by atoms with Gasteiger partial charge in [-0.05, 0) is 66.0 Å². The van der Waals surface area contributed by atoms with Gasteiger partial charge in [-0.2, -0.15) is 0 Å². The Kier molecular flexibility index (Phi) is 37.1. The summed E-state index contributed by atoms with van der Waals surface area (Å²) >= 11 is 0. The van der Waals surface area contributed by atoms with Crippen LogP contribution in [0.4, 0.5) is 0 Å². The van der Waals surface area contributed by atoms with Gasteiger partial charge >= 0.3 is 0 Å². The largest absolute Gasteiger partial charge is 0.306 e. The Morgan fingerprint density at radius 1 is 0.312 bits per heavy atom. The molecule has 0 atom stereocenters. The first-order chi connectivity index (χ1) is 15.8. The lowest BCUT2D eigenvalue weighted by molar-refractivity contribution is 0.277. The molecule has 2 aliphatic heterocycles. The van der Waals surface area contributed by atoms with Crippen molar-refractivity contribution in [3.63, 3.8) is 0 Å². The SMILES string of the molecule is CC.CC.CC.CN1CCCCC1.CN1CCCCC1.c1ccccc1.c1ccccc1. The first-order valence-corrected chi connectivity index (χ1v) is 13.2. The summed E-state index contributed by atoms with van der Waals surface area (Å²) in [5, 5.41) is 0. The number of piperidine rings is 2. The van der Waals surface area contributed by atoms with Crippen LogP contribution in [0.3, 0.4) is 0 Å². The summed E-state index contributed by atoms with van der Waals surface area (Å²) < 4.78 is 0. The Morgan fingerprint density at radius 3 is 0.562 bits per heavy atom. The number of hydrogen-bond donors (Lipinski definition) is 0. The van der Waals surface area contributed by atoms with E-state index in [1.807, 2.05) is 114 Å². The molecule has 0 spiro atoms. The average Bonchev–Trinajstić information content (AvgIpc) is 2.92. The molecular formula is C30H56N2. The van der Waals surface area contributed by atoms with Crippen molar-refractivity contribution >= 4 is 0 Å². The predicted octanol–water partition coefficient (Wildman–Crippen LogP) is 8.66. The molecule has 2 heterocycles. The van der Waals surface area contributed by atoms with Crippen LogP contribution in [0.25, 0.3) is 0 Å². The Hall–Kier alpha value is -1.64. The molecule has 0 aliphatic carbocycles. The molecule has 2 saturated heterocycles. The molecule has 2 nitrogen and oxygen atoms in total. The highest BCUT2D eigenvalue weighted by molar-refractivity contribution is 4.99. The maximum absolute atomic E-state index is 2.39. The van der Waals surface area contributed by atoms with E-state index < -0.39 is 0 Å². The zero-order valence-corrected chi connectivity index (χ0v) is 22.9. The van der Waals surface area contributed by atoms with Crippen LogP contribution in [0.15, 0.2) is 72.8 Å². The van der Waals surface area contributed by atoms with Crippen molar-refractivity contribution in [2.24, 2.45) is 0 Å². The standard InChI is InChI=1S/2C6H13N.2C6H6.3C2H6/c2*1-7-5-3-2-4-6-7;2*1-2-4-6-5-3-1;3*1-2/h2*2-6H2,1H3;2*1-6H;3*1-2H3. The molecule has 0 unspecified atom stereocenters. The van der Waals surface area contributed by atoms with Crippen molar-refractivity contribution in [3.8, 4) is 0 Å². The molecule has 2 aliphatic rings. The number of rotatable bonds is 0. The van der Waals surface area contributed by atoms with Crippen LogP contribution >= 0.6 is 0 Å². The molecule has 2 aromatic rings. The van der Waals surface area contributed by atoms with Gasteiger partial charge in [-0.15, -0.1) is 0 Å². The van der Waals surface area contributed by atoms with E-state index in [1.54, 1.807) is 0 Å². The molecule has 186 valence electrons. The molecule has 0 amide bonds. The fourth-order valence-corrected chi connectivity index (χ4v) is 2.87. The minimum atomic E-state index is 1.32. The van der Waals surface area contributed by atoms with E-state index in [2.05, 4.69) is 23.9 Å². The molecule has 0 radical (unpaired) electrons. The number of nitrogens with zero attached hydrogens (tertiary/aromatic N) is 2. The lowest BCUT2D eigenvalue weighted by Crippen LogP contribution is -2.24. The Bertz CT molecular complexity index is 374. The maximum Gasteiger partial charge on any atom is -0.00218 e. The third-order valence-electron chi connectivity index (χ3n) is 4.49. The summed E-state index contributed by atoms with van der Waals surface area (Å²) in [4.78, 5) is 4.78. The van der Waals surface area contributed by atoms with Crippen molar-refractivity contribution in [1.29, 1.82) is 0 Å². The fourth-order valence-electron chi connectivity index (χ4n) is 2.87. The quantitative estimate of drug-likeness (QED) is 0.401. The van der Waals surface area contributed by atoms with Crippen LogP contribution in [0.1, 0.15) is 80.1 Å². The molecule has 0 aromatic heterocycles. The van der Waals surface area contributed by atoms with E-state index in [9.17, 15) is 0 Å². The van der Waals surface area contributed by atoms with Crippen LogP contribution < -0.4 is 0 Å². The summed E-state index contributed by atoms with van der Waals surface area (Å²) in [6.45, 7) is 17.3. The van der Waals surface area contributed by atoms with Gasteiger partial charge in [0.2, 0.25) is 0 Å². The minimum absolute atomic E-state index is 1.32. The lowest BCUT2D eigenvalue weighted by Gasteiger charge is -2.20. The second-order valence-electron chi connectivity index (χ2n) is 7.04. The summed E-state index contributed by atoms with van der Waals surface area (Å²) in [7, 11) is 4.39. The normalized spacial score (nSPS) is 14.6. The Labute approximate surface area is 203 Å². The first-order valence-electron chi connectivity index (χ1n) is 13.2. The molecule has 0 bridgehead atoms. The maximum atomic E-state index is 2.39. The molecule has 0 saturated carbocycles. The van der Waals surface area contributed by atoms with Crippen molar-refractivity contribution in [3.05, 3.63) is 72.8 Å². The Morgan fingerprint density at radius 2 is 0.469 bits per heavy atom. The average molecular weight is 445 g/mol. The highest BCUT2D eigenvalue weighted by Gasteiger charge is 2.02. The van der Waals surface area contributed by atoms with E-state index in [1.165, 1.54) is 64.7 Å². The van der Waals surface area contributed by atoms with E-state index >= 15 is 0 Å². The second kappa shape index (κ2) is 34.0. The molecular weight excluding hydrogens is 388 g/mol.